The van der Waals surface area contributed by atoms with Gasteiger partial charge in [0.1, 0.15) is 17.5 Å². The number of ether oxygens (including phenoxy) is 1. The summed E-state index contributed by atoms with van der Waals surface area (Å²) in [5, 5.41) is 10.0. The van der Waals surface area contributed by atoms with E-state index in [1.54, 1.807) is 0 Å². The van der Waals surface area contributed by atoms with Crippen LogP contribution in [0, 0.1) is 5.82 Å². The van der Waals surface area contributed by atoms with Gasteiger partial charge in [-0.2, -0.15) is 22.0 Å². The topological polar surface area (TPSA) is 45.1 Å². The highest BCUT2D eigenvalue weighted by molar-refractivity contribution is 9.10. The van der Waals surface area contributed by atoms with Gasteiger partial charge < -0.3 is 14.7 Å². The van der Waals surface area contributed by atoms with Crippen molar-refractivity contribution in [3.8, 4) is 0 Å². The van der Waals surface area contributed by atoms with Crippen molar-refractivity contribution in [2.75, 3.05) is 6.54 Å². The maximum absolute atomic E-state index is 14.7. The Balaban J connectivity index is 1.91. The number of benzene rings is 1. The van der Waals surface area contributed by atoms with Crippen LogP contribution in [-0.4, -0.2) is 41.1 Å². The second kappa shape index (κ2) is 6.92. The molecule has 168 valence electrons. The Morgan fingerprint density at radius 2 is 1.94 bits per heavy atom. The molecule has 4 nitrogen and oxygen atoms in total. The normalized spacial score (nSPS) is 27.0. The minimum absolute atomic E-state index is 0.188. The summed E-state index contributed by atoms with van der Waals surface area (Å²) in [6, 6.07) is 2.38. The first-order chi connectivity index (χ1) is 14.2. The second-order valence-corrected chi connectivity index (χ2v) is 8.08. The van der Waals surface area contributed by atoms with Crippen LogP contribution in [0.15, 0.2) is 45.2 Å². The summed E-state index contributed by atoms with van der Waals surface area (Å²) in [6.45, 7) is -4.14. The average Bonchev–Trinajstić information content (AvgIpc) is 2.99. The summed E-state index contributed by atoms with van der Waals surface area (Å²) in [4.78, 5) is 4.79. The van der Waals surface area contributed by atoms with Gasteiger partial charge in [0.25, 0.3) is 5.92 Å². The largest absolute Gasteiger partial charge is 0.431 e. The SMILES string of the molecule is O[C@@H]1c2c(ccc(Br)c2F)[C@]2(CN3C=C(C(F)(F)F)C=C(OC(F)F)C3=N2)CC1(F)F. The van der Waals surface area contributed by atoms with Crippen molar-refractivity contribution in [1.82, 2.24) is 4.90 Å². The number of aliphatic hydroxyl groups excluding tert-OH is 1. The fourth-order valence-electron chi connectivity index (χ4n) is 3.98. The van der Waals surface area contributed by atoms with Crippen LogP contribution in [0.25, 0.3) is 0 Å². The van der Waals surface area contributed by atoms with E-state index in [1.807, 2.05) is 0 Å². The molecule has 0 unspecified atom stereocenters. The summed E-state index contributed by atoms with van der Waals surface area (Å²) >= 11 is 2.84. The molecule has 1 aliphatic carbocycles. The molecule has 0 aromatic heterocycles. The number of aliphatic hydroxyl groups is 1. The Morgan fingerprint density at radius 1 is 1.26 bits per heavy atom. The lowest BCUT2D eigenvalue weighted by molar-refractivity contribution is -0.138. The van der Waals surface area contributed by atoms with Crippen LogP contribution in [0.2, 0.25) is 0 Å². The Hall–Kier alpha value is -2.15. The maximum atomic E-state index is 14.7. The predicted molar refractivity (Wildman–Crippen MR) is 93.8 cm³/mol. The molecule has 2 aliphatic heterocycles. The molecule has 31 heavy (non-hydrogen) atoms. The van der Waals surface area contributed by atoms with E-state index < -0.39 is 71.9 Å². The van der Waals surface area contributed by atoms with Crippen molar-refractivity contribution in [2.24, 2.45) is 4.99 Å². The van der Waals surface area contributed by atoms with Gasteiger partial charge in [-0.1, -0.05) is 6.07 Å². The van der Waals surface area contributed by atoms with Gasteiger partial charge >= 0.3 is 12.8 Å². The molecule has 4 rings (SSSR count). The zero-order chi connectivity index (χ0) is 22.9. The average molecular weight is 519 g/mol. The molecule has 2 atom stereocenters. The van der Waals surface area contributed by atoms with Crippen LogP contribution in [0.1, 0.15) is 23.7 Å². The molecular formula is C18H11BrF8N2O2. The number of hydrogen-bond donors (Lipinski definition) is 1. The Labute approximate surface area is 177 Å². The predicted octanol–water partition coefficient (Wildman–Crippen LogP) is 5.15. The molecular weight excluding hydrogens is 508 g/mol. The third-order valence-electron chi connectivity index (χ3n) is 5.20. The van der Waals surface area contributed by atoms with Gasteiger partial charge in [-0.25, -0.2) is 13.2 Å². The molecule has 0 amide bonds. The van der Waals surface area contributed by atoms with Gasteiger partial charge in [0, 0.05) is 18.2 Å². The summed E-state index contributed by atoms with van der Waals surface area (Å²) in [5.41, 5.74) is -4.33. The summed E-state index contributed by atoms with van der Waals surface area (Å²) in [6.07, 6.45) is -7.84. The zero-order valence-electron chi connectivity index (χ0n) is 15.0. The summed E-state index contributed by atoms with van der Waals surface area (Å²) in [7, 11) is 0. The number of halogens is 9. The van der Waals surface area contributed by atoms with Crippen molar-refractivity contribution in [2.45, 2.75) is 36.8 Å². The van der Waals surface area contributed by atoms with E-state index in [1.165, 1.54) is 12.1 Å². The van der Waals surface area contributed by atoms with Gasteiger partial charge in [0.05, 0.1) is 16.6 Å². The van der Waals surface area contributed by atoms with Crippen LogP contribution in [0.5, 0.6) is 0 Å². The molecule has 1 aromatic rings. The number of rotatable bonds is 2. The van der Waals surface area contributed by atoms with Crippen molar-refractivity contribution in [1.29, 1.82) is 0 Å². The second-order valence-electron chi connectivity index (χ2n) is 7.23. The molecule has 1 aromatic carbocycles. The summed E-state index contributed by atoms with van der Waals surface area (Å²) in [5.74, 6) is -6.58. The maximum Gasteiger partial charge on any atom is 0.417 e. The minimum Gasteiger partial charge on any atom is -0.431 e. The fourth-order valence-corrected chi connectivity index (χ4v) is 4.33. The standard InChI is InChI=1S/C18H11BrF8N2O2/c19-9-2-1-8-11(12(9)20)13(30)17(23,24)5-16(8)6-29-4-7(18(25,26)27)3-10(14(29)28-16)31-15(21)22/h1-4,13,15,30H,5-6H2/t13-,16-/m1/s1. The van der Waals surface area contributed by atoms with Crippen LogP contribution in [0.4, 0.5) is 35.1 Å². The lowest BCUT2D eigenvalue weighted by atomic mass is 9.73. The molecule has 0 saturated heterocycles. The van der Waals surface area contributed by atoms with Crippen LogP contribution >= 0.6 is 15.9 Å². The molecule has 0 radical (unpaired) electrons. The van der Waals surface area contributed by atoms with Crippen LogP contribution < -0.4 is 0 Å². The number of fused-ring (bicyclic) bond motifs is 3. The number of nitrogens with zero attached hydrogens (tertiary/aromatic N) is 2. The molecule has 3 aliphatic rings. The van der Waals surface area contributed by atoms with Crippen molar-refractivity contribution < 1.29 is 45.0 Å². The molecule has 0 bridgehead atoms. The van der Waals surface area contributed by atoms with E-state index in [9.17, 15) is 40.2 Å². The van der Waals surface area contributed by atoms with Crippen molar-refractivity contribution in [3.05, 3.63) is 57.2 Å². The number of allylic oxidation sites excluding steroid dienone is 2. The molecule has 13 heteroatoms. The lowest BCUT2D eigenvalue weighted by Gasteiger charge is -2.40. The lowest BCUT2D eigenvalue weighted by Crippen LogP contribution is -2.46. The van der Waals surface area contributed by atoms with Crippen molar-refractivity contribution in [3.63, 3.8) is 0 Å². The van der Waals surface area contributed by atoms with Crippen LogP contribution in [-0.2, 0) is 10.3 Å². The first kappa shape index (κ1) is 22.1. The molecule has 1 spiro atoms. The molecule has 0 fully saturated rings. The van der Waals surface area contributed by atoms with Crippen molar-refractivity contribution >= 4 is 21.8 Å². The van der Waals surface area contributed by atoms with Gasteiger partial charge in [-0.3, -0.25) is 4.99 Å². The van der Waals surface area contributed by atoms with Gasteiger partial charge in [0.15, 0.2) is 11.6 Å². The monoisotopic (exact) mass is 518 g/mol. The van der Waals surface area contributed by atoms with E-state index in [2.05, 4.69) is 25.7 Å². The number of aliphatic imine (C=N–C) groups is 1. The van der Waals surface area contributed by atoms with Gasteiger partial charge in [-0.15, -0.1) is 0 Å². The third kappa shape index (κ3) is 3.51. The summed E-state index contributed by atoms with van der Waals surface area (Å²) < 4.78 is 113. The molecule has 2 heterocycles. The van der Waals surface area contributed by atoms with Gasteiger partial charge in [0.2, 0.25) is 0 Å². The highest BCUT2D eigenvalue weighted by atomic mass is 79.9. The highest BCUT2D eigenvalue weighted by Gasteiger charge is 2.59. The Bertz CT molecular complexity index is 1040. The van der Waals surface area contributed by atoms with E-state index in [0.29, 0.717) is 12.3 Å². The van der Waals surface area contributed by atoms with E-state index in [4.69, 9.17) is 0 Å². The van der Waals surface area contributed by atoms with Gasteiger partial charge in [-0.05, 0) is 33.6 Å². The quantitative estimate of drug-likeness (QED) is 0.550. The minimum atomic E-state index is -4.94. The smallest absolute Gasteiger partial charge is 0.417 e. The first-order valence-electron chi connectivity index (χ1n) is 8.62. The van der Waals surface area contributed by atoms with E-state index >= 15 is 0 Å². The van der Waals surface area contributed by atoms with E-state index in [0.717, 1.165) is 4.90 Å². The van der Waals surface area contributed by atoms with E-state index in [-0.39, 0.29) is 10.0 Å². The first-order valence-corrected chi connectivity index (χ1v) is 9.41. The third-order valence-corrected chi connectivity index (χ3v) is 5.82. The van der Waals surface area contributed by atoms with Crippen LogP contribution in [0.3, 0.4) is 0 Å². The fraction of sp³-hybridized carbons (Fsp3) is 0.389. The Morgan fingerprint density at radius 3 is 2.55 bits per heavy atom. The molecule has 1 N–H and O–H groups in total. The molecule has 0 saturated carbocycles. The highest BCUT2D eigenvalue weighted by Crippen LogP contribution is 2.54. The number of amidine groups is 1. The Kier molecular flexibility index (Phi) is 4.93. The number of alkyl halides is 7. The number of hydrogen-bond acceptors (Lipinski definition) is 4. The zero-order valence-corrected chi connectivity index (χ0v) is 16.6.